The van der Waals surface area contributed by atoms with Crippen molar-refractivity contribution in [1.82, 2.24) is 9.55 Å². The number of rotatable bonds is 11. The Bertz CT molecular complexity index is 1020. The molecule has 0 bridgehead atoms. The van der Waals surface area contributed by atoms with Crippen LogP contribution in [-0.4, -0.2) is 29.1 Å². The lowest BCUT2D eigenvalue weighted by Crippen LogP contribution is -2.41. The zero-order valence-electron chi connectivity index (χ0n) is 18.5. The van der Waals surface area contributed by atoms with Crippen molar-refractivity contribution >= 4 is 23.5 Å². The smallest absolute Gasteiger partial charge is 0.330 e. The van der Waals surface area contributed by atoms with Crippen molar-refractivity contribution in [3.8, 4) is 5.75 Å². The van der Waals surface area contributed by atoms with Crippen molar-refractivity contribution in [1.29, 1.82) is 0 Å². The van der Waals surface area contributed by atoms with Gasteiger partial charge in [0.05, 0.1) is 7.11 Å². The van der Waals surface area contributed by atoms with Crippen LogP contribution in [-0.2, 0) is 11.3 Å². The first kappa shape index (κ1) is 24.0. The van der Waals surface area contributed by atoms with Crippen LogP contribution < -0.4 is 26.6 Å². The number of carbonyl (C=O) groups is 1. The highest BCUT2D eigenvalue weighted by atomic mass is 16.5. The molecule has 168 valence electrons. The van der Waals surface area contributed by atoms with Gasteiger partial charge < -0.3 is 15.4 Å². The number of amides is 1. The van der Waals surface area contributed by atoms with Crippen LogP contribution >= 0.6 is 0 Å². The number of nitrogens with zero attached hydrogens (tertiary/aromatic N) is 2. The standard InChI is InChI=1S/C23H32N4O4/c1-4-6-8-15-26(19(28)13-12-17-10-9-11-18(16-17)31-3)20-21(24)27(14-7-5-2)23(30)25-22(20)29/h9-13,16H,4-8,14-15,24H2,1-3H3,(H,25,29,30)/b13-12+. The molecule has 0 atom stereocenters. The van der Waals surface area contributed by atoms with E-state index < -0.39 is 11.2 Å². The van der Waals surface area contributed by atoms with Crippen LogP contribution in [0, 0.1) is 0 Å². The van der Waals surface area contributed by atoms with Crippen molar-refractivity contribution in [3.05, 3.63) is 56.7 Å². The number of carbonyl (C=O) groups excluding carboxylic acids is 1. The zero-order valence-corrected chi connectivity index (χ0v) is 18.5. The number of aromatic nitrogens is 2. The van der Waals surface area contributed by atoms with Crippen molar-refractivity contribution in [2.45, 2.75) is 52.5 Å². The van der Waals surface area contributed by atoms with Gasteiger partial charge in [0.2, 0.25) is 0 Å². The largest absolute Gasteiger partial charge is 0.497 e. The van der Waals surface area contributed by atoms with Crippen LogP contribution in [0.5, 0.6) is 5.75 Å². The molecule has 8 heteroatoms. The second-order valence-electron chi connectivity index (χ2n) is 7.31. The average molecular weight is 429 g/mol. The SMILES string of the molecule is CCCCCN(C(=O)/C=C/c1cccc(OC)c1)c1c(N)n(CCCC)c(=O)[nH]c1=O. The Morgan fingerprint density at radius 3 is 2.61 bits per heavy atom. The second kappa shape index (κ2) is 11.8. The van der Waals surface area contributed by atoms with Gasteiger partial charge >= 0.3 is 5.69 Å². The molecule has 0 unspecified atom stereocenters. The molecule has 1 amide bonds. The van der Waals surface area contributed by atoms with Crippen molar-refractivity contribution < 1.29 is 9.53 Å². The molecule has 0 radical (unpaired) electrons. The third-order valence-corrected chi connectivity index (χ3v) is 4.98. The van der Waals surface area contributed by atoms with Gasteiger partial charge in [0.15, 0.2) is 5.69 Å². The molecule has 1 heterocycles. The Hall–Kier alpha value is -3.29. The molecule has 0 aliphatic carbocycles. The molecule has 0 aliphatic heterocycles. The zero-order chi connectivity index (χ0) is 22.8. The second-order valence-corrected chi connectivity index (χ2v) is 7.31. The van der Waals surface area contributed by atoms with Crippen molar-refractivity contribution in [3.63, 3.8) is 0 Å². The molecule has 1 aromatic heterocycles. The Labute approximate surface area is 182 Å². The highest BCUT2D eigenvalue weighted by Gasteiger charge is 2.22. The predicted octanol–water partition coefficient (Wildman–Crippen LogP) is 3.16. The van der Waals surface area contributed by atoms with Crippen molar-refractivity contribution in [2.75, 3.05) is 24.3 Å². The number of anilines is 2. The van der Waals surface area contributed by atoms with E-state index in [0.29, 0.717) is 25.3 Å². The monoisotopic (exact) mass is 428 g/mol. The van der Waals surface area contributed by atoms with Crippen LogP contribution in [0.15, 0.2) is 39.9 Å². The van der Waals surface area contributed by atoms with Crippen LogP contribution in [0.1, 0.15) is 51.5 Å². The summed E-state index contributed by atoms with van der Waals surface area (Å²) in [5.41, 5.74) is 5.81. The number of hydrogen-bond donors (Lipinski definition) is 2. The fourth-order valence-electron chi connectivity index (χ4n) is 3.23. The van der Waals surface area contributed by atoms with E-state index in [0.717, 1.165) is 31.2 Å². The summed E-state index contributed by atoms with van der Waals surface area (Å²) < 4.78 is 6.53. The minimum absolute atomic E-state index is 0.0156. The van der Waals surface area contributed by atoms with E-state index >= 15 is 0 Å². The number of benzene rings is 1. The van der Waals surface area contributed by atoms with E-state index in [1.165, 1.54) is 15.5 Å². The van der Waals surface area contributed by atoms with Crippen LogP contribution in [0.25, 0.3) is 6.08 Å². The summed E-state index contributed by atoms with van der Waals surface area (Å²) in [5.74, 6) is 0.316. The number of unbranched alkanes of at least 4 members (excludes halogenated alkanes) is 3. The number of H-pyrrole nitrogens is 1. The number of ether oxygens (including phenoxy) is 1. The minimum Gasteiger partial charge on any atom is -0.497 e. The molecule has 0 fully saturated rings. The Balaban J connectivity index is 2.43. The molecule has 3 N–H and O–H groups in total. The van der Waals surface area contributed by atoms with Crippen LogP contribution in [0.4, 0.5) is 11.5 Å². The maximum Gasteiger partial charge on any atom is 0.330 e. The molecular formula is C23H32N4O4. The van der Waals surface area contributed by atoms with E-state index in [1.807, 2.05) is 25.1 Å². The van der Waals surface area contributed by atoms with Gasteiger partial charge in [0.25, 0.3) is 11.5 Å². The van der Waals surface area contributed by atoms with Gasteiger partial charge in [-0.15, -0.1) is 0 Å². The average Bonchev–Trinajstić information content (AvgIpc) is 2.76. The number of aromatic amines is 1. The predicted molar refractivity (Wildman–Crippen MR) is 125 cm³/mol. The van der Waals surface area contributed by atoms with E-state index in [-0.39, 0.29) is 17.4 Å². The van der Waals surface area contributed by atoms with Gasteiger partial charge in [0, 0.05) is 19.2 Å². The highest BCUT2D eigenvalue weighted by molar-refractivity contribution is 6.05. The third-order valence-electron chi connectivity index (χ3n) is 4.98. The molecule has 8 nitrogen and oxygen atoms in total. The molecule has 0 saturated carbocycles. The molecular weight excluding hydrogens is 396 g/mol. The molecule has 1 aromatic carbocycles. The number of hydrogen-bond acceptors (Lipinski definition) is 5. The molecule has 2 aromatic rings. The lowest BCUT2D eigenvalue weighted by atomic mass is 10.2. The molecule has 0 spiro atoms. The highest BCUT2D eigenvalue weighted by Crippen LogP contribution is 2.20. The summed E-state index contributed by atoms with van der Waals surface area (Å²) in [6.07, 6.45) is 7.23. The molecule has 0 saturated heterocycles. The van der Waals surface area contributed by atoms with E-state index in [1.54, 1.807) is 19.3 Å². The van der Waals surface area contributed by atoms with Gasteiger partial charge in [-0.3, -0.25) is 19.1 Å². The summed E-state index contributed by atoms with van der Waals surface area (Å²) >= 11 is 0. The maximum atomic E-state index is 13.1. The van der Waals surface area contributed by atoms with Gasteiger partial charge in [0.1, 0.15) is 11.6 Å². The first-order valence-electron chi connectivity index (χ1n) is 10.7. The van der Waals surface area contributed by atoms with Crippen LogP contribution in [0.2, 0.25) is 0 Å². The van der Waals surface area contributed by atoms with Gasteiger partial charge in [-0.2, -0.15) is 0 Å². The number of nitrogen functional groups attached to an aromatic ring is 1. The normalized spacial score (nSPS) is 11.1. The van der Waals surface area contributed by atoms with Gasteiger partial charge in [-0.1, -0.05) is 45.2 Å². The van der Waals surface area contributed by atoms with Gasteiger partial charge in [-0.05, 0) is 36.6 Å². The first-order chi connectivity index (χ1) is 14.9. The van der Waals surface area contributed by atoms with E-state index in [9.17, 15) is 14.4 Å². The van der Waals surface area contributed by atoms with Crippen LogP contribution in [0.3, 0.4) is 0 Å². The summed E-state index contributed by atoms with van der Waals surface area (Å²) in [5, 5.41) is 0. The fourth-order valence-corrected chi connectivity index (χ4v) is 3.23. The minimum atomic E-state index is -0.658. The molecule has 31 heavy (non-hydrogen) atoms. The molecule has 2 rings (SSSR count). The Morgan fingerprint density at radius 1 is 1.19 bits per heavy atom. The number of methoxy groups -OCH3 is 1. The third kappa shape index (κ3) is 6.34. The summed E-state index contributed by atoms with van der Waals surface area (Å²) in [6.45, 7) is 4.76. The van der Waals surface area contributed by atoms with E-state index in [2.05, 4.69) is 11.9 Å². The van der Waals surface area contributed by atoms with E-state index in [4.69, 9.17) is 10.5 Å². The molecule has 0 aliphatic rings. The number of nitrogens with two attached hydrogens (primary N) is 1. The number of nitrogens with one attached hydrogen (secondary N) is 1. The fraction of sp³-hybridized carbons (Fsp3) is 0.435. The topological polar surface area (TPSA) is 110 Å². The van der Waals surface area contributed by atoms with Crippen molar-refractivity contribution in [2.24, 2.45) is 0 Å². The van der Waals surface area contributed by atoms with Gasteiger partial charge in [-0.25, -0.2) is 4.79 Å². The maximum absolute atomic E-state index is 13.1. The Kier molecular flexibility index (Phi) is 9.12. The quantitative estimate of drug-likeness (QED) is 0.422. The summed E-state index contributed by atoms with van der Waals surface area (Å²) in [6, 6.07) is 7.29. The first-order valence-corrected chi connectivity index (χ1v) is 10.7. The Morgan fingerprint density at radius 2 is 1.94 bits per heavy atom. The lowest BCUT2D eigenvalue weighted by Gasteiger charge is -2.23. The lowest BCUT2D eigenvalue weighted by molar-refractivity contribution is -0.114. The summed E-state index contributed by atoms with van der Waals surface area (Å²) in [7, 11) is 1.58. The summed E-state index contributed by atoms with van der Waals surface area (Å²) in [4.78, 5) is 41.6.